The number of benzene rings is 2. The summed E-state index contributed by atoms with van der Waals surface area (Å²) in [5.41, 5.74) is -1.04. The van der Waals surface area contributed by atoms with Crippen molar-refractivity contribution < 1.29 is 23.9 Å². The first-order valence-corrected chi connectivity index (χ1v) is 11.3. The third-order valence-electron chi connectivity index (χ3n) is 6.52. The summed E-state index contributed by atoms with van der Waals surface area (Å²) in [7, 11) is 1.99. The van der Waals surface area contributed by atoms with Crippen molar-refractivity contribution in [2.75, 3.05) is 32.1 Å². The minimum atomic E-state index is -1.92. The minimum Gasteiger partial charge on any atom is -0.457 e. The second kappa shape index (κ2) is 10.1. The number of quaternary nitrogens is 1. The van der Waals surface area contributed by atoms with Crippen LogP contribution in [0.5, 0.6) is 0 Å². The Morgan fingerprint density at radius 3 is 2.29 bits per heavy atom. The molecule has 1 aliphatic heterocycles. The lowest BCUT2D eigenvalue weighted by atomic mass is 9.86. The maximum Gasteiger partial charge on any atom is 0.347 e. The summed E-state index contributed by atoms with van der Waals surface area (Å²) in [5, 5.41) is 22.0. The van der Waals surface area contributed by atoms with E-state index in [0.29, 0.717) is 21.4 Å². The molecule has 34 heavy (non-hydrogen) atoms. The molecule has 2 N–H and O–H groups in total. The van der Waals surface area contributed by atoms with Crippen molar-refractivity contribution in [3.63, 3.8) is 0 Å². The summed E-state index contributed by atoms with van der Waals surface area (Å²) >= 11 is 0. The number of esters is 1. The van der Waals surface area contributed by atoms with E-state index in [1.807, 2.05) is 19.2 Å². The number of anilines is 1. The Balaban J connectivity index is 1.46. The first kappa shape index (κ1) is 23.5. The van der Waals surface area contributed by atoms with Crippen molar-refractivity contribution in [1.82, 2.24) is 10.2 Å². The quantitative estimate of drug-likeness (QED) is 0.395. The van der Waals surface area contributed by atoms with E-state index in [-0.39, 0.29) is 25.1 Å². The highest BCUT2D eigenvalue weighted by molar-refractivity contribution is 5.90. The van der Waals surface area contributed by atoms with Crippen LogP contribution in [0.3, 0.4) is 0 Å². The van der Waals surface area contributed by atoms with Gasteiger partial charge in [-0.05, 0) is 23.3 Å². The molecule has 176 valence electrons. The van der Waals surface area contributed by atoms with Gasteiger partial charge in [-0.15, -0.1) is 5.10 Å². The second-order valence-electron chi connectivity index (χ2n) is 8.86. The third-order valence-corrected chi connectivity index (χ3v) is 6.52. The smallest absolute Gasteiger partial charge is 0.347 e. The summed E-state index contributed by atoms with van der Waals surface area (Å²) in [6.07, 6.45) is 3.27. The number of nitrogens with zero attached hydrogens (tertiary/aromatic N) is 3. The number of rotatable bonds is 8. The Kier molecular flexibility index (Phi) is 7.00. The van der Waals surface area contributed by atoms with E-state index in [9.17, 15) is 14.7 Å². The molecule has 0 bridgehead atoms. The average Bonchev–Trinajstić information content (AvgIpc) is 3.23. The lowest BCUT2D eigenvalue weighted by molar-refractivity contribution is -0.913. The number of hydrogen-bond acceptors (Lipinski definition) is 6. The number of hydrogen-bond donors (Lipinski definition) is 2. The molecule has 1 saturated heterocycles. The van der Waals surface area contributed by atoms with E-state index in [2.05, 4.69) is 15.5 Å². The molecule has 2 atom stereocenters. The zero-order valence-corrected chi connectivity index (χ0v) is 19.1. The van der Waals surface area contributed by atoms with Crippen molar-refractivity contribution >= 4 is 17.7 Å². The number of aromatic nitrogens is 2. The van der Waals surface area contributed by atoms with Gasteiger partial charge in [0, 0.05) is 19.0 Å². The maximum atomic E-state index is 13.3. The number of amides is 1. The molecule has 2 heterocycles. The van der Waals surface area contributed by atoms with Crippen LogP contribution in [0.1, 0.15) is 24.0 Å². The van der Waals surface area contributed by atoms with E-state index in [1.54, 1.807) is 66.9 Å². The van der Waals surface area contributed by atoms with Gasteiger partial charge in [0.1, 0.15) is 12.6 Å². The highest BCUT2D eigenvalue weighted by atomic mass is 16.6. The van der Waals surface area contributed by atoms with Gasteiger partial charge in [0.05, 0.1) is 13.6 Å². The van der Waals surface area contributed by atoms with Crippen molar-refractivity contribution in [2.24, 2.45) is 0 Å². The van der Waals surface area contributed by atoms with E-state index in [1.165, 1.54) is 0 Å². The molecule has 1 aromatic heterocycles. The number of aliphatic hydroxyl groups is 1. The Morgan fingerprint density at radius 2 is 1.71 bits per heavy atom. The highest BCUT2D eigenvalue weighted by Crippen LogP contribution is 2.32. The number of carbonyl (C=O) groups is 2. The number of ether oxygens (including phenoxy) is 1. The minimum absolute atomic E-state index is 0.0626. The van der Waals surface area contributed by atoms with Gasteiger partial charge >= 0.3 is 5.97 Å². The van der Waals surface area contributed by atoms with Crippen LogP contribution in [0.25, 0.3) is 0 Å². The normalized spacial score (nSPS) is 20.0. The van der Waals surface area contributed by atoms with E-state index >= 15 is 0 Å². The van der Waals surface area contributed by atoms with Gasteiger partial charge in [0.2, 0.25) is 5.60 Å². The van der Waals surface area contributed by atoms with Crippen LogP contribution < -0.4 is 5.32 Å². The third kappa shape index (κ3) is 4.98. The second-order valence-corrected chi connectivity index (χ2v) is 8.86. The molecule has 1 amide bonds. The summed E-state index contributed by atoms with van der Waals surface area (Å²) in [6.45, 7) is 1.12. The Labute approximate surface area is 198 Å². The van der Waals surface area contributed by atoms with Gasteiger partial charge < -0.3 is 19.6 Å². The van der Waals surface area contributed by atoms with E-state index in [4.69, 9.17) is 4.74 Å². The molecule has 8 heteroatoms. The van der Waals surface area contributed by atoms with E-state index < -0.39 is 11.6 Å². The lowest BCUT2D eigenvalue weighted by Gasteiger charge is -2.36. The molecule has 0 spiro atoms. The predicted molar refractivity (Wildman–Crippen MR) is 126 cm³/mol. The maximum absolute atomic E-state index is 13.3. The molecule has 0 radical (unpaired) electrons. The molecular weight excluding hydrogens is 432 g/mol. The largest absolute Gasteiger partial charge is 0.457 e. The van der Waals surface area contributed by atoms with Gasteiger partial charge in [-0.3, -0.25) is 4.79 Å². The molecule has 3 aromatic rings. The average molecular weight is 462 g/mol. The number of nitrogens with one attached hydrogen (secondary N) is 1. The molecule has 1 fully saturated rings. The first-order valence-electron chi connectivity index (χ1n) is 11.3. The van der Waals surface area contributed by atoms with Gasteiger partial charge in [0.25, 0.3) is 5.91 Å². The monoisotopic (exact) mass is 461 g/mol. The lowest BCUT2D eigenvalue weighted by Crippen LogP contribution is -2.54. The Bertz CT molecular complexity index is 1070. The van der Waals surface area contributed by atoms with Gasteiger partial charge in [-0.1, -0.05) is 60.7 Å². The van der Waals surface area contributed by atoms with Gasteiger partial charge in [-0.2, -0.15) is 5.10 Å². The summed E-state index contributed by atoms with van der Waals surface area (Å²) in [6, 6.07) is 20.9. The van der Waals surface area contributed by atoms with Crippen LogP contribution in [0.15, 0.2) is 79.0 Å². The first-order chi connectivity index (χ1) is 16.4. The van der Waals surface area contributed by atoms with Crippen molar-refractivity contribution in [1.29, 1.82) is 0 Å². The zero-order valence-electron chi connectivity index (χ0n) is 19.1. The molecule has 2 aromatic carbocycles. The standard InChI is InChI=1S/C26H28N4O4/c1-30(18-24(31)28-23-15-8-16-27-29-23)17-9-14-22(30)19-34-25(32)26(33,20-10-4-2-5-11-20)21-12-6-3-7-13-21/h2-8,10-13,15-16,22,33H,9,14,17-19H2,1H3/p+1. The molecule has 0 saturated carbocycles. The zero-order chi connectivity index (χ0) is 24.0. The van der Waals surface area contributed by atoms with Crippen LogP contribution in [0.2, 0.25) is 0 Å². The fourth-order valence-electron chi connectivity index (χ4n) is 4.57. The Hall–Kier alpha value is -3.62. The van der Waals surface area contributed by atoms with Crippen LogP contribution in [0, 0.1) is 0 Å². The van der Waals surface area contributed by atoms with Crippen molar-refractivity contribution in [3.8, 4) is 0 Å². The van der Waals surface area contributed by atoms with Crippen LogP contribution in [-0.2, 0) is 19.9 Å². The van der Waals surface area contributed by atoms with Crippen molar-refractivity contribution in [2.45, 2.75) is 24.5 Å². The Morgan fingerprint density at radius 1 is 1.06 bits per heavy atom. The van der Waals surface area contributed by atoms with Crippen LogP contribution in [-0.4, -0.2) is 64.4 Å². The molecule has 0 aliphatic carbocycles. The molecular formula is C26H29N4O4+. The summed E-state index contributed by atoms with van der Waals surface area (Å²) in [5.74, 6) is -0.504. The molecule has 1 aliphatic rings. The number of likely N-dealkylation sites (tertiary alicyclic amines) is 1. The topological polar surface area (TPSA) is 101 Å². The van der Waals surface area contributed by atoms with Crippen LogP contribution in [0.4, 0.5) is 5.82 Å². The summed E-state index contributed by atoms with van der Waals surface area (Å²) in [4.78, 5) is 26.0. The van der Waals surface area contributed by atoms with E-state index in [0.717, 1.165) is 19.4 Å². The van der Waals surface area contributed by atoms with Gasteiger partial charge in [-0.25, -0.2) is 4.79 Å². The fourth-order valence-corrected chi connectivity index (χ4v) is 4.57. The number of carbonyl (C=O) groups excluding carboxylic acids is 2. The highest BCUT2D eigenvalue weighted by Gasteiger charge is 2.45. The van der Waals surface area contributed by atoms with Crippen molar-refractivity contribution in [3.05, 3.63) is 90.1 Å². The molecule has 4 rings (SSSR count). The van der Waals surface area contributed by atoms with Crippen LogP contribution >= 0.6 is 0 Å². The predicted octanol–water partition coefficient (Wildman–Crippen LogP) is 2.50. The molecule has 2 unspecified atom stereocenters. The molecule has 8 nitrogen and oxygen atoms in total. The number of likely N-dealkylation sites (N-methyl/N-ethyl adjacent to an activating group) is 1. The summed E-state index contributed by atoms with van der Waals surface area (Å²) < 4.78 is 6.18. The SMILES string of the molecule is C[N+]1(CC(=O)Nc2cccnn2)CCCC1COC(=O)C(O)(c1ccccc1)c1ccccc1. The fraction of sp³-hybridized carbons (Fsp3) is 0.308. The van der Waals surface area contributed by atoms with Gasteiger partial charge in [0.15, 0.2) is 12.4 Å².